The summed E-state index contributed by atoms with van der Waals surface area (Å²) in [6, 6.07) is 1.96. The second-order valence-corrected chi connectivity index (χ2v) is 10.3. The van der Waals surface area contributed by atoms with E-state index in [2.05, 4.69) is 6.55 Å². The fraction of sp³-hybridized carbons (Fsp3) is 1.00. The molecule has 0 N–H and O–H groups in total. The van der Waals surface area contributed by atoms with Gasteiger partial charge in [0.1, 0.15) is 0 Å². The molecule has 0 aromatic carbocycles. The summed E-state index contributed by atoms with van der Waals surface area (Å²) in [4.78, 5) is 0. The molecule has 0 saturated heterocycles. The van der Waals surface area contributed by atoms with E-state index in [1.54, 1.807) is 28.4 Å². The van der Waals surface area contributed by atoms with E-state index in [1.807, 2.05) is 0 Å². The van der Waals surface area contributed by atoms with E-state index in [0.717, 1.165) is 38.1 Å². The van der Waals surface area contributed by atoms with Crippen LogP contribution < -0.4 is 0 Å². The first-order chi connectivity index (χ1) is 8.61. The van der Waals surface area contributed by atoms with Crippen molar-refractivity contribution in [2.45, 2.75) is 31.5 Å². The molecule has 0 unspecified atom stereocenters. The summed E-state index contributed by atoms with van der Waals surface area (Å²) in [5.41, 5.74) is 0. The lowest BCUT2D eigenvalue weighted by molar-refractivity contribution is 0.130. The zero-order valence-electron chi connectivity index (χ0n) is 12.4. The van der Waals surface area contributed by atoms with Crippen molar-refractivity contribution in [3.05, 3.63) is 0 Å². The molecule has 0 bridgehead atoms. The number of rotatable bonds is 12. The van der Waals surface area contributed by atoms with Crippen molar-refractivity contribution in [1.82, 2.24) is 0 Å². The Kier molecular flexibility index (Phi) is 11.2. The lowest BCUT2D eigenvalue weighted by Crippen LogP contribution is -2.36. The molecule has 5 nitrogen and oxygen atoms in total. The Morgan fingerprint density at radius 3 is 1.94 bits per heavy atom. The summed E-state index contributed by atoms with van der Waals surface area (Å²) in [6.45, 7) is 3.61. The summed E-state index contributed by atoms with van der Waals surface area (Å²) in [5, 5.41) is 0. The van der Waals surface area contributed by atoms with Gasteiger partial charge in [-0.15, -0.1) is 0 Å². The molecule has 0 rings (SSSR count). The minimum atomic E-state index is -1.91. The Balaban J connectivity index is 3.41. The van der Waals surface area contributed by atoms with E-state index in [9.17, 15) is 0 Å². The Morgan fingerprint density at radius 2 is 1.44 bits per heavy atom. The van der Waals surface area contributed by atoms with E-state index < -0.39 is 17.8 Å². The Bertz CT molecular complexity index is 186. The number of hydrogen-bond donors (Lipinski definition) is 0. The molecular formula is C11H28O5Si2. The van der Waals surface area contributed by atoms with Gasteiger partial charge in [-0.05, 0) is 31.5 Å². The summed E-state index contributed by atoms with van der Waals surface area (Å²) in [5.74, 6) is 0. The molecule has 0 saturated carbocycles. The van der Waals surface area contributed by atoms with Crippen LogP contribution in [0.3, 0.4) is 0 Å². The van der Waals surface area contributed by atoms with Crippen LogP contribution in [0.15, 0.2) is 0 Å². The van der Waals surface area contributed by atoms with Crippen LogP contribution in [0.4, 0.5) is 0 Å². The Hall–Kier alpha value is 0.234. The lowest BCUT2D eigenvalue weighted by atomic mass is 10.5. The van der Waals surface area contributed by atoms with Gasteiger partial charge in [-0.2, -0.15) is 0 Å². The van der Waals surface area contributed by atoms with Gasteiger partial charge in [0.05, 0.1) is 0 Å². The first-order valence-corrected chi connectivity index (χ1v) is 10.6. The standard InChI is InChI=1S/C11H28O5Si2/c1-12-17(13-2)10-6-8-16-9-7-11-18(5,14-3)15-4/h17H,6-11H2,1-5H3. The molecule has 0 aromatic heterocycles. The summed E-state index contributed by atoms with van der Waals surface area (Å²) in [6.07, 6.45) is 1.99. The number of ether oxygens (including phenoxy) is 1. The highest BCUT2D eigenvalue weighted by Crippen LogP contribution is 2.13. The SMILES string of the molecule is CO[SiH](CCCOCCC[Si](C)(OC)OC)OC. The predicted molar refractivity (Wildman–Crippen MR) is 76.5 cm³/mol. The second-order valence-electron chi connectivity index (χ2n) is 4.30. The molecular weight excluding hydrogens is 268 g/mol. The van der Waals surface area contributed by atoms with Crippen LogP contribution >= 0.6 is 0 Å². The lowest BCUT2D eigenvalue weighted by Gasteiger charge is -2.22. The maximum absolute atomic E-state index is 5.58. The first-order valence-electron chi connectivity index (χ1n) is 6.35. The molecule has 0 amide bonds. The second kappa shape index (κ2) is 11.1. The maximum atomic E-state index is 5.58. The van der Waals surface area contributed by atoms with Crippen molar-refractivity contribution >= 4 is 17.8 Å². The molecule has 0 aliphatic rings. The van der Waals surface area contributed by atoms with Crippen LogP contribution in [-0.2, 0) is 22.4 Å². The molecule has 7 heteroatoms. The van der Waals surface area contributed by atoms with E-state index in [0.29, 0.717) is 0 Å². The van der Waals surface area contributed by atoms with Crippen molar-refractivity contribution in [2.75, 3.05) is 41.7 Å². The van der Waals surface area contributed by atoms with Gasteiger partial charge in [0.2, 0.25) is 0 Å². The summed E-state index contributed by atoms with van der Waals surface area (Å²) in [7, 11) is 3.55. The van der Waals surface area contributed by atoms with Crippen LogP contribution in [0.1, 0.15) is 12.8 Å². The average Bonchev–Trinajstić information content (AvgIpc) is 2.41. The van der Waals surface area contributed by atoms with Gasteiger partial charge in [0, 0.05) is 41.7 Å². The van der Waals surface area contributed by atoms with Crippen LogP contribution in [0.5, 0.6) is 0 Å². The zero-order chi connectivity index (χ0) is 13.9. The van der Waals surface area contributed by atoms with Crippen molar-refractivity contribution in [3.63, 3.8) is 0 Å². The van der Waals surface area contributed by atoms with Gasteiger partial charge in [0.15, 0.2) is 0 Å². The first kappa shape index (κ1) is 18.2. The average molecular weight is 297 g/mol. The zero-order valence-corrected chi connectivity index (χ0v) is 14.5. The van der Waals surface area contributed by atoms with Crippen LogP contribution in [0.25, 0.3) is 0 Å². The third-order valence-electron chi connectivity index (χ3n) is 3.04. The highest BCUT2D eigenvalue weighted by molar-refractivity contribution is 6.65. The summed E-state index contributed by atoms with van der Waals surface area (Å²) >= 11 is 0. The minimum Gasteiger partial charge on any atom is -0.400 e. The monoisotopic (exact) mass is 296 g/mol. The smallest absolute Gasteiger partial charge is 0.334 e. The molecule has 0 spiro atoms. The van der Waals surface area contributed by atoms with Gasteiger partial charge in [0.25, 0.3) is 0 Å². The largest absolute Gasteiger partial charge is 0.400 e. The van der Waals surface area contributed by atoms with Crippen molar-refractivity contribution in [3.8, 4) is 0 Å². The third kappa shape index (κ3) is 8.36. The highest BCUT2D eigenvalue weighted by atomic mass is 28.4. The normalized spacial score (nSPS) is 12.3. The van der Waals surface area contributed by atoms with Crippen LogP contribution in [0, 0.1) is 0 Å². The van der Waals surface area contributed by atoms with Crippen molar-refractivity contribution in [1.29, 1.82) is 0 Å². The van der Waals surface area contributed by atoms with E-state index >= 15 is 0 Å². The summed E-state index contributed by atoms with van der Waals surface area (Å²) < 4.78 is 26.9. The molecule has 0 aliphatic carbocycles. The van der Waals surface area contributed by atoms with E-state index in [4.69, 9.17) is 22.4 Å². The van der Waals surface area contributed by atoms with E-state index in [1.165, 1.54) is 0 Å². The topological polar surface area (TPSA) is 46.2 Å². The minimum absolute atomic E-state index is 0.765. The van der Waals surface area contributed by atoms with Gasteiger partial charge in [-0.25, -0.2) is 0 Å². The number of hydrogen-bond acceptors (Lipinski definition) is 5. The van der Waals surface area contributed by atoms with E-state index in [-0.39, 0.29) is 0 Å². The predicted octanol–water partition coefficient (Wildman–Crippen LogP) is 1.66. The fourth-order valence-electron chi connectivity index (χ4n) is 1.57. The molecule has 110 valence electrons. The molecule has 0 aromatic rings. The van der Waals surface area contributed by atoms with Crippen LogP contribution in [0.2, 0.25) is 18.6 Å². The Labute approximate surface area is 114 Å². The van der Waals surface area contributed by atoms with Gasteiger partial charge < -0.3 is 22.4 Å². The maximum Gasteiger partial charge on any atom is 0.334 e. The fourth-order valence-corrected chi connectivity index (χ4v) is 4.09. The quantitative estimate of drug-likeness (QED) is 0.405. The van der Waals surface area contributed by atoms with Gasteiger partial charge in [-0.3, -0.25) is 0 Å². The van der Waals surface area contributed by atoms with Gasteiger partial charge in [-0.1, -0.05) is 0 Å². The molecule has 0 heterocycles. The Morgan fingerprint density at radius 1 is 0.889 bits per heavy atom. The van der Waals surface area contributed by atoms with Gasteiger partial charge >= 0.3 is 17.8 Å². The van der Waals surface area contributed by atoms with Crippen molar-refractivity contribution in [2.24, 2.45) is 0 Å². The molecule has 0 fully saturated rings. The molecule has 0 atom stereocenters. The highest BCUT2D eigenvalue weighted by Gasteiger charge is 2.27. The van der Waals surface area contributed by atoms with Crippen LogP contribution in [-0.4, -0.2) is 59.5 Å². The third-order valence-corrected chi connectivity index (χ3v) is 7.96. The van der Waals surface area contributed by atoms with Crippen molar-refractivity contribution < 1.29 is 22.4 Å². The molecule has 18 heavy (non-hydrogen) atoms. The molecule has 0 aliphatic heterocycles. The molecule has 0 radical (unpaired) electrons.